The van der Waals surface area contributed by atoms with E-state index in [0.29, 0.717) is 5.39 Å². The maximum atomic E-state index is 13.0. The molecule has 2 rings (SSSR count). The number of carbonyl (C=O) groups excluding carboxylic acids is 1. The summed E-state index contributed by atoms with van der Waals surface area (Å²) >= 11 is 5.24. The SMILES string of the molecule is O=C(Cl)c1[nH]nc2c(F)cccc12. The molecule has 66 valence electrons. The van der Waals surface area contributed by atoms with Gasteiger partial charge in [0.2, 0.25) is 0 Å². The first-order chi connectivity index (χ1) is 6.20. The Kier molecular flexibility index (Phi) is 1.77. The van der Waals surface area contributed by atoms with Crippen molar-refractivity contribution < 1.29 is 9.18 Å². The number of hydrogen-bond donors (Lipinski definition) is 1. The van der Waals surface area contributed by atoms with Gasteiger partial charge in [0.1, 0.15) is 11.2 Å². The molecule has 3 nitrogen and oxygen atoms in total. The number of hydrogen-bond acceptors (Lipinski definition) is 2. The van der Waals surface area contributed by atoms with Crippen molar-refractivity contribution >= 4 is 27.7 Å². The minimum Gasteiger partial charge on any atom is -0.274 e. The molecule has 0 atom stereocenters. The van der Waals surface area contributed by atoms with Crippen LogP contribution in [0.3, 0.4) is 0 Å². The van der Waals surface area contributed by atoms with E-state index in [-0.39, 0.29) is 11.2 Å². The Morgan fingerprint density at radius 1 is 1.54 bits per heavy atom. The molecular formula is C8H4ClFN2O. The number of H-pyrrole nitrogens is 1. The minimum absolute atomic E-state index is 0.121. The average molecular weight is 199 g/mol. The van der Waals surface area contributed by atoms with Gasteiger partial charge in [-0.2, -0.15) is 5.10 Å². The third-order valence-corrected chi connectivity index (χ3v) is 1.92. The maximum Gasteiger partial charge on any atom is 0.270 e. The van der Waals surface area contributed by atoms with Crippen molar-refractivity contribution in [2.75, 3.05) is 0 Å². The number of para-hydroxylation sites is 1. The van der Waals surface area contributed by atoms with Gasteiger partial charge in [-0.05, 0) is 17.7 Å². The first-order valence-electron chi connectivity index (χ1n) is 3.52. The topological polar surface area (TPSA) is 45.8 Å². The maximum absolute atomic E-state index is 13.0. The summed E-state index contributed by atoms with van der Waals surface area (Å²) in [6, 6.07) is 4.35. The third kappa shape index (κ3) is 1.19. The molecule has 0 aliphatic heterocycles. The van der Waals surface area contributed by atoms with Crippen LogP contribution in [0.4, 0.5) is 4.39 Å². The Balaban J connectivity index is 2.83. The summed E-state index contributed by atoms with van der Waals surface area (Å²) in [6.07, 6.45) is 0. The molecular weight excluding hydrogens is 195 g/mol. The third-order valence-electron chi connectivity index (χ3n) is 1.73. The lowest BCUT2D eigenvalue weighted by Crippen LogP contribution is -1.88. The number of aromatic nitrogens is 2. The van der Waals surface area contributed by atoms with E-state index < -0.39 is 11.1 Å². The molecule has 13 heavy (non-hydrogen) atoms. The number of rotatable bonds is 1. The van der Waals surface area contributed by atoms with Gasteiger partial charge >= 0.3 is 0 Å². The molecule has 0 aliphatic carbocycles. The molecule has 1 N–H and O–H groups in total. The minimum atomic E-state index is -0.673. The molecule has 0 unspecified atom stereocenters. The summed E-state index contributed by atoms with van der Waals surface area (Å²) < 4.78 is 13.0. The van der Waals surface area contributed by atoms with Crippen LogP contribution in [0.1, 0.15) is 10.5 Å². The zero-order valence-electron chi connectivity index (χ0n) is 6.34. The van der Waals surface area contributed by atoms with E-state index in [1.807, 2.05) is 0 Å². The molecule has 0 fully saturated rings. The van der Waals surface area contributed by atoms with Crippen LogP contribution in [0.5, 0.6) is 0 Å². The molecule has 0 bridgehead atoms. The molecule has 0 saturated carbocycles. The lowest BCUT2D eigenvalue weighted by Gasteiger charge is -1.89. The fourth-order valence-electron chi connectivity index (χ4n) is 1.15. The summed E-state index contributed by atoms with van der Waals surface area (Å²) in [6.45, 7) is 0. The van der Waals surface area contributed by atoms with Crippen LogP contribution in [0.15, 0.2) is 18.2 Å². The van der Waals surface area contributed by atoms with Crippen LogP contribution >= 0.6 is 11.6 Å². The van der Waals surface area contributed by atoms with Crippen LogP contribution in [-0.2, 0) is 0 Å². The monoisotopic (exact) mass is 198 g/mol. The lowest BCUT2D eigenvalue weighted by molar-refractivity contribution is 0.107. The fourth-order valence-corrected chi connectivity index (χ4v) is 1.30. The van der Waals surface area contributed by atoms with Gasteiger partial charge in [-0.25, -0.2) is 4.39 Å². The largest absolute Gasteiger partial charge is 0.274 e. The van der Waals surface area contributed by atoms with Gasteiger partial charge in [0.25, 0.3) is 5.24 Å². The van der Waals surface area contributed by atoms with Gasteiger partial charge < -0.3 is 0 Å². The Morgan fingerprint density at radius 3 is 3.00 bits per heavy atom. The Bertz CT molecular complexity index is 480. The van der Waals surface area contributed by atoms with Gasteiger partial charge in [-0.1, -0.05) is 12.1 Å². The molecule has 0 radical (unpaired) electrons. The summed E-state index contributed by atoms with van der Waals surface area (Å²) in [5.41, 5.74) is 0.252. The fraction of sp³-hybridized carbons (Fsp3) is 0. The van der Waals surface area contributed by atoms with E-state index in [9.17, 15) is 9.18 Å². The lowest BCUT2D eigenvalue weighted by atomic mass is 10.2. The van der Waals surface area contributed by atoms with E-state index in [1.165, 1.54) is 12.1 Å². The van der Waals surface area contributed by atoms with E-state index >= 15 is 0 Å². The van der Waals surface area contributed by atoms with Crippen LogP contribution in [0.25, 0.3) is 10.9 Å². The van der Waals surface area contributed by atoms with Gasteiger partial charge in [-0.3, -0.25) is 9.89 Å². The second-order valence-corrected chi connectivity index (χ2v) is 2.85. The van der Waals surface area contributed by atoms with E-state index in [2.05, 4.69) is 10.2 Å². The van der Waals surface area contributed by atoms with Crippen molar-refractivity contribution in [3.63, 3.8) is 0 Å². The molecule has 1 aromatic heterocycles. The Hall–Kier alpha value is -1.42. The number of nitrogens with one attached hydrogen (secondary N) is 1. The Labute approximate surface area is 77.5 Å². The molecule has 1 aromatic carbocycles. The predicted molar refractivity (Wildman–Crippen MR) is 46.2 cm³/mol. The predicted octanol–water partition coefficient (Wildman–Crippen LogP) is 2.08. The average Bonchev–Trinajstić information content (AvgIpc) is 2.48. The highest BCUT2D eigenvalue weighted by Gasteiger charge is 2.12. The van der Waals surface area contributed by atoms with Crippen LogP contribution in [0.2, 0.25) is 0 Å². The number of fused-ring (bicyclic) bond motifs is 1. The van der Waals surface area contributed by atoms with Crippen molar-refractivity contribution in [2.45, 2.75) is 0 Å². The molecule has 0 spiro atoms. The smallest absolute Gasteiger partial charge is 0.270 e. The highest BCUT2D eigenvalue weighted by molar-refractivity contribution is 6.68. The number of aromatic amines is 1. The molecule has 2 aromatic rings. The summed E-state index contributed by atoms with van der Waals surface area (Å²) in [7, 11) is 0. The summed E-state index contributed by atoms with van der Waals surface area (Å²) in [4.78, 5) is 10.8. The number of nitrogens with zero attached hydrogens (tertiary/aromatic N) is 1. The van der Waals surface area contributed by atoms with Crippen molar-refractivity contribution in [1.82, 2.24) is 10.2 Å². The number of carbonyl (C=O) groups is 1. The standard InChI is InChI=1S/C8H4ClFN2O/c9-8(13)7-4-2-1-3-5(10)6(4)11-12-7/h1-3H,(H,11,12). The first kappa shape index (κ1) is 8.19. The Morgan fingerprint density at radius 2 is 2.31 bits per heavy atom. The van der Waals surface area contributed by atoms with Crippen molar-refractivity contribution in [3.05, 3.63) is 29.7 Å². The number of benzene rings is 1. The molecule has 1 heterocycles. The zero-order chi connectivity index (χ0) is 9.42. The molecule has 5 heteroatoms. The normalized spacial score (nSPS) is 10.6. The van der Waals surface area contributed by atoms with Crippen LogP contribution in [-0.4, -0.2) is 15.4 Å². The van der Waals surface area contributed by atoms with E-state index in [1.54, 1.807) is 6.07 Å². The highest BCUT2D eigenvalue weighted by atomic mass is 35.5. The summed E-state index contributed by atoms with van der Waals surface area (Å²) in [5.74, 6) is -0.474. The van der Waals surface area contributed by atoms with Gasteiger partial charge in [0.05, 0.1) is 0 Å². The quantitative estimate of drug-likeness (QED) is 0.713. The van der Waals surface area contributed by atoms with Crippen LogP contribution in [0, 0.1) is 5.82 Å². The first-order valence-corrected chi connectivity index (χ1v) is 3.90. The molecule has 0 saturated heterocycles. The van der Waals surface area contributed by atoms with Crippen molar-refractivity contribution in [2.24, 2.45) is 0 Å². The van der Waals surface area contributed by atoms with Gasteiger partial charge in [0, 0.05) is 5.39 Å². The second kappa shape index (κ2) is 2.81. The number of halogens is 2. The van der Waals surface area contributed by atoms with Gasteiger partial charge in [-0.15, -0.1) is 0 Å². The van der Waals surface area contributed by atoms with Crippen molar-refractivity contribution in [1.29, 1.82) is 0 Å². The second-order valence-electron chi connectivity index (χ2n) is 2.51. The highest BCUT2D eigenvalue weighted by Crippen LogP contribution is 2.19. The summed E-state index contributed by atoms with van der Waals surface area (Å²) in [5, 5.41) is 5.75. The molecule has 0 aliphatic rings. The zero-order valence-corrected chi connectivity index (χ0v) is 7.10. The van der Waals surface area contributed by atoms with Crippen molar-refractivity contribution in [3.8, 4) is 0 Å². The van der Waals surface area contributed by atoms with Gasteiger partial charge in [0.15, 0.2) is 5.82 Å². The van der Waals surface area contributed by atoms with Crippen LogP contribution < -0.4 is 0 Å². The molecule has 0 amide bonds. The van der Waals surface area contributed by atoms with E-state index in [0.717, 1.165) is 0 Å². The van der Waals surface area contributed by atoms with E-state index in [4.69, 9.17) is 11.6 Å².